The van der Waals surface area contributed by atoms with Crippen LogP contribution >= 0.6 is 0 Å². The molecule has 2 aromatic rings. The normalized spacial score (nSPS) is 10.7. The Bertz CT molecular complexity index is 533. The number of benzene rings is 2. The van der Waals surface area contributed by atoms with Gasteiger partial charge < -0.3 is 0 Å². The predicted molar refractivity (Wildman–Crippen MR) is 80.2 cm³/mol. The second-order valence-corrected chi connectivity index (χ2v) is 5.32. The summed E-state index contributed by atoms with van der Waals surface area (Å²) in [6.07, 6.45) is 1.12. The molecule has 0 aliphatic rings. The Morgan fingerprint density at radius 1 is 0.667 bits per heavy atom. The highest BCUT2D eigenvalue weighted by Crippen LogP contribution is 2.27. The zero-order valence-electron chi connectivity index (χ0n) is 12.1. The van der Waals surface area contributed by atoms with Gasteiger partial charge in [0.1, 0.15) is 0 Å². The Labute approximate surface area is 111 Å². The number of aryl methyl sites for hydroxylation is 4. The average molecular weight is 238 g/mol. The van der Waals surface area contributed by atoms with Crippen molar-refractivity contribution in [2.45, 2.75) is 41.0 Å². The zero-order valence-corrected chi connectivity index (χ0v) is 12.1. The maximum absolute atomic E-state index is 2.32. The van der Waals surface area contributed by atoms with Crippen LogP contribution < -0.4 is 0 Å². The Morgan fingerprint density at radius 3 is 1.56 bits per heavy atom. The van der Waals surface area contributed by atoms with Crippen LogP contribution in [0.15, 0.2) is 30.3 Å². The summed E-state index contributed by atoms with van der Waals surface area (Å²) >= 11 is 0. The molecule has 0 amide bonds. The molecule has 0 radical (unpaired) electrons. The van der Waals surface area contributed by atoms with Gasteiger partial charge in [-0.2, -0.15) is 0 Å². The monoisotopic (exact) mass is 238 g/mol. The van der Waals surface area contributed by atoms with Crippen LogP contribution in [0, 0.1) is 27.7 Å². The van der Waals surface area contributed by atoms with Crippen LogP contribution in [-0.2, 0) is 6.42 Å². The van der Waals surface area contributed by atoms with Crippen LogP contribution in [0.4, 0.5) is 0 Å². The van der Waals surface area contributed by atoms with E-state index < -0.39 is 0 Å². The molecular formula is C18H22. The molecule has 18 heavy (non-hydrogen) atoms. The van der Waals surface area contributed by atoms with Crippen LogP contribution in [0.5, 0.6) is 0 Å². The minimum absolute atomic E-state index is 1.12. The first-order valence-electron chi connectivity index (χ1n) is 6.70. The Balaban J connectivity index is 2.58. The minimum atomic E-state index is 1.12. The van der Waals surface area contributed by atoms with Crippen LogP contribution in [0.1, 0.15) is 34.7 Å². The summed E-state index contributed by atoms with van der Waals surface area (Å²) in [5, 5.41) is 0. The molecule has 94 valence electrons. The molecule has 0 fully saturated rings. The highest BCUT2D eigenvalue weighted by molar-refractivity contribution is 5.67. The highest BCUT2D eigenvalue weighted by Gasteiger charge is 2.06. The summed E-state index contributed by atoms with van der Waals surface area (Å²) in [6, 6.07) is 11.4. The lowest BCUT2D eigenvalue weighted by molar-refractivity contribution is 1.08. The van der Waals surface area contributed by atoms with E-state index >= 15 is 0 Å². The van der Waals surface area contributed by atoms with Gasteiger partial charge in [0.25, 0.3) is 0 Å². The molecule has 0 N–H and O–H groups in total. The van der Waals surface area contributed by atoms with Crippen LogP contribution in [0.25, 0.3) is 11.1 Å². The molecule has 0 unspecified atom stereocenters. The van der Waals surface area contributed by atoms with E-state index in [4.69, 9.17) is 0 Å². The van der Waals surface area contributed by atoms with Crippen molar-refractivity contribution >= 4 is 0 Å². The summed E-state index contributed by atoms with van der Waals surface area (Å²) in [4.78, 5) is 0. The van der Waals surface area contributed by atoms with Gasteiger partial charge in [-0.15, -0.1) is 0 Å². The quantitative estimate of drug-likeness (QED) is 0.678. The van der Waals surface area contributed by atoms with Gasteiger partial charge in [-0.05, 0) is 61.9 Å². The van der Waals surface area contributed by atoms with Gasteiger partial charge in [-0.3, -0.25) is 0 Å². The van der Waals surface area contributed by atoms with E-state index in [-0.39, 0.29) is 0 Å². The van der Waals surface area contributed by atoms with Crippen LogP contribution in [0.2, 0.25) is 0 Å². The zero-order chi connectivity index (χ0) is 13.3. The maximum atomic E-state index is 2.32. The number of hydrogen-bond acceptors (Lipinski definition) is 0. The summed E-state index contributed by atoms with van der Waals surface area (Å²) in [5.74, 6) is 0. The van der Waals surface area contributed by atoms with Gasteiger partial charge in [-0.1, -0.05) is 48.4 Å². The molecule has 2 rings (SSSR count). The minimum Gasteiger partial charge on any atom is -0.0613 e. The number of hydrogen-bond donors (Lipinski definition) is 0. The molecular weight excluding hydrogens is 216 g/mol. The van der Waals surface area contributed by atoms with Gasteiger partial charge in [0.05, 0.1) is 0 Å². The molecule has 2 aromatic carbocycles. The van der Waals surface area contributed by atoms with Crippen molar-refractivity contribution in [1.29, 1.82) is 0 Å². The van der Waals surface area contributed by atoms with Crippen molar-refractivity contribution < 1.29 is 0 Å². The van der Waals surface area contributed by atoms with Gasteiger partial charge in [0.2, 0.25) is 0 Å². The fraction of sp³-hybridized carbons (Fsp3) is 0.333. The standard InChI is InChI=1S/C18H22/c1-6-18-14(4)10-17(11-15(18)5)16-8-12(2)7-13(3)9-16/h7-11H,6H2,1-5H3. The molecule has 0 heterocycles. The predicted octanol–water partition coefficient (Wildman–Crippen LogP) is 5.15. The summed E-state index contributed by atoms with van der Waals surface area (Å²) < 4.78 is 0. The first kappa shape index (κ1) is 12.9. The molecule has 0 aromatic heterocycles. The SMILES string of the molecule is CCc1c(C)cc(-c2cc(C)cc(C)c2)cc1C. The molecule has 0 aliphatic heterocycles. The lowest BCUT2D eigenvalue weighted by Crippen LogP contribution is -1.93. The van der Waals surface area contributed by atoms with Crippen molar-refractivity contribution in [2.75, 3.05) is 0 Å². The third kappa shape index (κ3) is 2.48. The van der Waals surface area contributed by atoms with Crippen molar-refractivity contribution in [3.05, 3.63) is 58.1 Å². The first-order chi connectivity index (χ1) is 8.51. The Hall–Kier alpha value is -1.56. The van der Waals surface area contributed by atoms with Gasteiger partial charge >= 0.3 is 0 Å². The molecule has 0 nitrogen and oxygen atoms in total. The second-order valence-electron chi connectivity index (χ2n) is 5.32. The fourth-order valence-electron chi connectivity index (χ4n) is 2.86. The second kappa shape index (κ2) is 4.97. The molecule has 0 spiro atoms. The van der Waals surface area contributed by atoms with E-state index in [0.717, 1.165) is 6.42 Å². The van der Waals surface area contributed by atoms with E-state index in [9.17, 15) is 0 Å². The molecule has 0 aliphatic carbocycles. The van der Waals surface area contributed by atoms with Crippen molar-refractivity contribution in [3.63, 3.8) is 0 Å². The third-order valence-corrected chi connectivity index (χ3v) is 3.60. The largest absolute Gasteiger partial charge is 0.0613 e. The van der Waals surface area contributed by atoms with E-state index in [1.165, 1.54) is 38.9 Å². The average Bonchev–Trinajstić information content (AvgIpc) is 2.27. The van der Waals surface area contributed by atoms with Crippen LogP contribution in [-0.4, -0.2) is 0 Å². The van der Waals surface area contributed by atoms with Gasteiger partial charge in [0, 0.05) is 0 Å². The molecule has 0 saturated heterocycles. The van der Waals surface area contributed by atoms with Crippen molar-refractivity contribution in [3.8, 4) is 11.1 Å². The third-order valence-electron chi connectivity index (χ3n) is 3.60. The van der Waals surface area contributed by atoms with E-state index in [1.54, 1.807) is 0 Å². The van der Waals surface area contributed by atoms with E-state index in [2.05, 4.69) is 65.0 Å². The van der Waals surface area contributed by atoms with E-state index in [1.807, 2.05) is 0 Å². The molecule has 0 heteroatoms. The molecule has 0 atom stereocenters. The van der Waals surface area contributed by atoms with Crippen LogP contribution in [0.3, 0.4) is 0 Å². The molecule has 0 saturated carbocycles. The first-order valence-corrected chi connectivity index (χ1v) is 6.70. The number of rotatable bonds is 2. The Kier molecular flexibility index (Phi) is 3.56. The smallest absolute Gasteiger partial charge is 0.0178 e. The fourth-order valence-corrected chi connectivity index (χ4v) is 2.86. The van der Waals surface area contributed by atoms with Gasteiger partial charge in [0.15, 0.2) is 0 Å². The Morgan fingerprint density at radius 2 is 1.11 bits per heavy atom. The van der Waals surface area contributed by atoms with Crippen molar-refractivity contribution in [2.24, 2.45) is 0 Å². The topological polar surface area (TPSA) is 0 Å². The highest BCUT2D eigenvalue weighted by atomic mass is 14.1. The summed E-state index contributed by atoms with van der Waals surface area (Å²) in [5.41, 5.74) is 9.65. The lowest BCUT2D eigenvalue weighted by Gasteiger charge is -2.12. The van der Waals surface area contributed by atoms with E-state index in [0.29, 0.717) is 0 Å². The summed E-state index contributed by atoms with van der Waals surface area (Å²) in [6.45, 7) is 11.0. The maximum Gasteiger partial charge on any atom is -0.0178 e. The summed E-state index contributed by atoms with van der Waals surface area (Å²) in [7, 11) is 0. The van der Waals surface area contributed by atoms with Gasteiger partial charge in [-0.25, -0.2) is 0 Å². The lowest BCUT2D eigenvalue weighted by atomic mass is 9.93. The van der Waals surface area contributed by atoms with Crippen molar-refractivity contribution in [1.82, 2.24) is 0 Å². The molecule has 0 bridgehead atoms.